The van der Waals surface area contributed by atoms with Crippen molar-refractivity contribution in [3.05, 3.63) is 114 Å². The Bertz CT molecular complexity index is 2970. The van der Waals surface area contributed by atoms with Crippen LogP contribution in [0.5, 0.6) is 0 Å². The summed E-state index contributed by atoms with van der Waals surface area (Å²) in [5, 5.41) is 23.5. The van der Waals surface area contributed by atoms with Crippen molar-refractivity contribution < 1.29 is 24.3 Å². The Morgan fingerprint density at radius 2 is 1.59 bits per heavy atom. The zero-order valence-electron chi connectivity index (χ0n) is 44.1. The van der Waals surface area contributed by atoms with Crippen molar-refractivity contribution in [2.45, 2.75) is 103 Å². The van der Waals surface area contributed by atoms with Gasteiger partial charge in [-0.15, -0.1) is 11.3 Å². The van der Waals surface area contributed by atoms with Gasteiger partial charge in [-0.1, -0.05) is 82.7 Å². The number of aliphatic hydroxyl groups is 1. The molecule has 19 heteroatoms. The SMILES string of the molecule is C=CC(=O)N1CC[C@@H](n2c(Nc3ccccc3)nc3cnc(Nc4ccc(N5CCN(CCCCCCC(=O)N[C@H](C(=O)N6C[C@H](O)C[C@H]6C(=O)NCc6ccc(-c7scnc7C)cc6)C(C)(C)C)CC5)cc4)nc32)C1. The van der Waals surface area contributed by atoms with Gasteiger partial charge >= 0.3 is 0 Å². The first-order valence-electron chi connectivity index (χ1n) is 26.6. The number of thiazole rings is 1. The lowest BCUT2D eigenvalue weighted by atomic mass is 9.85. The number of carbonyl (C=O) groups excluding carboxylic acids is 4. The first-order valence-corrected chi connectivity index (χ1v) is 27.5. The number of rotatable bonds is 20. The number of amides is 4. The van der Waals surface area contributed by atoms with Gasteiger partial charge in [-0.05, 0) is 91.7 Å². The number of likely N-dealkylation sites (tertiary alicyclic amines) is 2. The molecule has 3 aromatic carbocycles. The first-order chi connectivity index (χ1) is 36.7. The van der Waals surface area contributed by atoms with Gasteiger partial charge in [0.2, 0.25) is 35.5 Å². The second-order valence-corrected chi connectivity index (χ2v) is 22.1. The number of carbonyl (C=O) groups is 4. The second-order valence-electron chi connectivity index (χ2n) is 21.2. The van der Waals surface area contributed by atoms with Crippen molar-refractivity contribution in [3.8, 4) is 10.4 Å². The van der Waals surface area contributed by atoms with Crippen molar-refractivity contribution in [1.29, 1.82) is 0 Å². The molecule has 4 amide bonds. The van der Waals surface area contributed by atoms with Crippen LogP contribution < -0.4 is 26.2 Å². The lowest BCUT2D eigenvalue weighted by molar-refractivity contribution is -0.144. The molecule has 0 bridgehead atoms. The van der Waals surface area contributed by atoms with Gasteiger partial charge in [0.25, 0.3) is 0 Å². The quantitative estimate of drug-likeness (QED) is 0.0370. The van der Waals surface area contributed by atoms with Crippen LogP contribution in [0.25, 0.3) is 21.6 Å². The van der Waals surface area contributed by atoms with Crippen LogP contribution in [0.3, 0.4) is 0 Å². The number of anilines is 5. The number of nitrogens with zero attached hydrogens (tertiary/aromatic N) is 9. The van der Waals surface area contributed by atoms with Crippen molar-refractivity contribution >= 4 is 75.1 Å². The fourth-order valence-electron chi connectivity index (χ4n) is 10.4. The third-order valence-electron chi connectivity index (χ3n) is 14.7. The zero-order valence-corrected chi connectivity index (χ0v) is 44.9. The fraction of sp³-hybridized carbons (Fsp3) is 0.439. The van der Waals surface area contributed by atoms with E-state index in [9.17, 15) is 24.3 Å². The van der Waals surface area contributed by atoms with Crippen LogP contribution >= 0.6 is 11.3 Å². The Kier molecular flexibility index (Phi) is 17.1. The molecule has 5 N–H and O–H groups in total. The number of unbranched alkanes of at least 4 members (excludes halogenated alkanes) is 3. The van der Waals surface area contributed by atoms with Crippen molar-refractivity contribution in [1.82, 2.24) is 49.8 Å². The normalized spacial score (nSPS) is 18.4. The molecule has 76 heavy (non-hydrogen) atoms. The lowest BCUT2D eigenvalue weighted by Crippen LogP contribution is -2.57. The zero-order chi connectivity index (χ0) is 53.3. The number of benzene rings is 3. The van der Waals surface area contributed by atoms with E-state index in [1.807, 2.05) is 87.8 Å². The number of nitrogens with one attached hydrogen (secondary N) is 4. The number of aliphatic hydroxyl groups excluding tert-OH is 1. The van der Waals surface area contributed by atoms with Gasteiger partial charge in [-0.3, -0.25) is 28.6 Å². The molecule has 6 heterocycles. The largest absolute Gasteiger partial charge is 0.391 e. The minimum atomic E-state index is -0.852. The molecule has 3 aliphatic heterocycles. The molecule has 4 atom stereocenters. The van der Waals surface area contributed by atoms with Crippen LogP contribution in [0.15, 0.2) is 103 Å². The average molecular weight is 1050 g/mol. The summed E-state index contributed by atoms with van der Waals surface area (Å²) in [4.78, 5) is 81.5. The minimum Gasteiger partial charge on any atom is -0.391 e. The Morgan fingerprint density at radius 3 is 2.30 bits per heavy atom. The van der Waals surface area contributed by atoms with E-state index < -0.39 is 23.6 Å². The van der Waals surface area contributed by atoms with Crippen LogP contribution in [0.2, 0.25) is 0 Å². The van der Waals surface area contributed by atoms with Gasteiger partial charge < -0.3 is 41.1 Å². The van der Waals surface area contributed by atoms with Gasteiger partial charge in [0.05, 0.1) is 34.4 Å². The predicted molar refractivity (Wildman–Crippen MR) is 299 cm³/mol. The molecular weight excluding hydrogens is 979 g/mol. The molecule has 3 aromatic heterocycles. The number of aromatic nitrogens is 5. The van der Waals surface area contributed by atoms with E-state index in [0.717, 1.165) is 97.2 Å². The number of imidazole rings is 1. The molecule has 0 saturated carbocycles. The van der Waals surface area contributed by atoms with Crippen LogP contribution in [0.4, 0.5) is 29.0 Å². The molecule has 6 aromatic rings. The number of piperazine rings is 1. The van der Waals surface area contributed by atoms with Gasteiger partial charge in [-0.25, -0.2) is 15.0 Å². The Labute approximate surface area is 449 Å². The van der Waals surface area contributed by atoms with E-state index in [-0.39, 0.29) is 49.2 Å². The smallest absolute Gasteiger partial charge is 0.246 e. The molecule has 3 saturated heterocycles. The van der Waals surface area contributed by atoms with Crippen molar-refractivity contribution in [3.63, 3.8) is 0 Å². The van der Waals surface area contributed by atoms with E-state index in [4.69, 9.17) is 9.97 Å². The van der Waals surface area contributed by atoms with E-state index in [0.29, 0.717) is 49.0 Å². The number of aryl methyl sites for hydroxylation is 1. The summed E-state index contributed by atoms with van der Waals surface area (Å²) in [5.41, 5.74) is 8.43. The summed E-state index contributed by atoms with van der Waals surface area (Å²) in [6, 6.07) is 24.5. The number of fused-ring (bicyclic) bond motifs is 1. The molecule has 0 unspecified atom stereocenters. The second kappa shape index (κ2) is 24.2. The number of β-amino-alcohol motifs (C(OH)–C–C–N with tert-alkyl or cyclic N) is 1. The monoisotopic (exact) mass is 1050 g/mol. The molecule has 3 fully saturated rings. The van der Waals surface area contributed by atoms with Crippen LogP contribution in [0.1, 0.15) is 83.0 Å². The molecule has 0 radical (unpaired) electrons. The van der Waals surface area contributed by atoms with Gasteiger partial charge in [0.15, 0.2) is 5.65 Å². The fourth-order valence-corrected chi connectivity index (χ4v) is 11.2. The van der Waals surface area contributed by atoms with Crippen LogP contribution in [-0.4, -0.2) is 138 Å². The predicted octanol–water partition coefficient (Wildman–Crippen LogP) is 7.59. The highest BCUT2D eigenvalue weighted by Crippen LogP contribution is 2.33. The average Bonchev–Trinajstić information content (AvgIpc) is 4.26. The van der Waals surface area contributed by atoms with E-state index in [1.165, 1.54) is 11.0 Å². The van der Waals surface area contributed by atoms with E-state index in [1.54, 1.807) is 22.4 Å². The molecular formula is C57H71N13O5S. The number of hydrogen-bond acceptors (Lipinski definition) is 14. The van der Waals surface area contributed by atoms with E-state index >= 15 is 0 Å². The van der Waals surface area contributed by atoms with Crippen LogP contribution in [0, 0.1) is 12.3 Å². The minimum absolute atomic E-state index is 0.0277. The molecule has 3 aliphatic rings. The summed E-state index contributed by atoms with van der Waals surface area (Å²) in [6.07, 6.45) is 7.13. The Hall–Kier alpha value is -7.22. The Balaban J connectivity index is 0.694. The lowest BCUT2D eigenvalue weighted by Gasteiger charge is -2.36. The van der Waals surface area contributed by atoms with Crippen LogP contribution in [-0.2, 0) is 25.7 Å². The maximum atomic E-state index is 14.1. The summed E-state index contributed by atoms with van der Waals surface area (Å²) in [5.74, 6) is 0.143. The number of hydrogen-bond donors (Lipinski definition) is 5. The molecule has 0 spiro atoms. The van der Waals surface area contributed by atoms with Crippen molar-refractivity contribution in [2.75, 3.05) is 67.9 Å². The van der Waals surface area contributed by atoms with Gasteiger partial charge in [0, 0.05) is 82.3 Å². The summed E-state index contributed by atoms with van der Waals surface area (Å²) in [6.45, 7) is 17.6. The molecule has 0 aliphatic carbocycles. The third-order valence-corrected chi connectivity index (χ3v) is 15.7. The first kappa shape index (κ1) is 53.6. The molecule has 9 rings (SSSR count). The highest BCUT2D eigenvalue weighted by atomic mass is 32.1. The summed E-state index contributed by atoms with van der Waals surface area (Å²) in [7, 11) is 0. The highest BCUT2D eigenvalue weighted by molar-refractivity contribution is 7.13. The molecule has 18 nitrogen and oxygen atoms in total. The Morgan fingerprint density at radius 1 is 0.855 bits per heavy atom. The van der Waals surface area contributed by atoms with Crippen molar-refractivity contribution in [2.24, 2.45) is 5.41 Å². The maximum absolute atomic E-state index is 14.1. The summed E-state index contributed by atoms with van der Waals surface area (Å²) >= 11 is 1.59. The number of para-hydroxylation sites is 1. The third kappa shape index (κ3) is 13.1. The van der Waals surface area contributed by atoms with Gasteiger partial charge in [0.1, 0.15) is 17.6 Å². The van der Waals surface area contributed by atoms with Gasteiger partial charge in [-0.2, -0.15) is 4.98 Å². The summed E-state index contributed by atoms with van der Waals surface area (Å²) < 4.78 is 2.09. The van der Waals surface area contributed by atoms with E-state index in [2.05, 4.69) is 76.4 Å². The standard InChI is InChI=1S/C57H71N13O5S/c1-6-49(73)68-27-25-44(35-68)70-52-46(63-56(70)62-41-14-10-9-11-15-41)34-59-55(65-52)61-42-21-23-43(24-22-42)67-30-28-66(29-31-67)26-13-8-7-12-16-48(72)64-51(57(3,4)5)54(75)69-36-45(71)32-47(69)53(74)58-33-39-17-19-40(20-18-39)50-38(2)60-37-76-50/h6,9-11,14-15,17-24,34,37,44-45,47,51,71H,1,7-8,12-13,16,25-33,35-36H2,2-5H3,(H,58,74)(H,62,63)(H,64,72)(H,59,61,65)/t44-,45-,47+,51-/m1/s1. The topological polar surface area (TPSA) is 206 Å². The maximum Gasteiger partial charge on any atom is 0.246 e. The highest BCUT2D eigenvalue weighted by Gasteiger charge is 2.44. The molecule has 400 valence electrons.